The first kappa shape index (κ1) is 13.7. The van der Waals surface area contributed by atoms with Gasteiger partial charge in [-0.25, -0.2) is 9.59 Å². The van der Waals surface area contributed by atoms with Crippen molar-refractivity contribution < 1.29 is 19.1 Å². The Morgan fingerprint density at radius 3 is 2.25 bits per heavy atom. The summed E-state index contributed by atoms with van der Waals surface area (Å²) in [5.74, 6) is 0.713. The molecule has 0 saturated carbocycles. The summed E-state index contributed by atoms with van der Waals surface area (Å²) in [6, 6.07) is 0. The van der Waals surface area contributed by atoms with Crippen LogP contribution >= 0.6 is 23.5 Å². The molecule has 6 heteroatoms. The van der Waals surface area contributed by atoms with Crippen LogP contribution < -0.4 is 0 Å². The fraction of sp³-hybridized carbons (Fsp3) is 0.800. The SMILES string of the molecule is CSCCC1(CCSC)OC(=O)COC1=O. The second-order valence-corrected chi connectivity index (χ2v) is 5.50. The first-order chi connectivity index (χ1) is 7.64. The Morgan fingerprint density at radius 1 is 1.19 bits per heavy atom. The van der Waals surface area contributed by atoms with Crippen molar-refractivity contribution in [2.24, 2.45) is 0 Å². The first-order valence-corrected chi connectivity index (χ1v) is 7.80. The van der Waals surface area contributed by atoms with Crippen molar-refractivity contribution >= 4 is 35.5 Å². The smallest absolute Gasteiger partial charge is 0.351 e. The number of thioether (sulfide) groups is 2. The molecule has 0 atom stereocenters. The van der Waals surface area contributed by atoms with Gasteiger partial charge in [-0.1, -0.05) is 0 Å². The zero-order chi connectivity index (χ0) is 12.0. The molecular weight excluding hydrogens is 248 g/mol. The van der Waals surface area contributed by atoms with E-state index in [4.69, 9.17) is 9.47 Å². The van der Waals surface area contributed by atoms with E-state index >= 15 is 0 Å². The van der Waals surface area contributed by atoms with Crippen LogP contribution in [0, 0.1) is 0 Å². The van der Waals surface area contributed by atoms with Gasteiger partial charge in [-0.15, -0.1) is 0 Å². The normalized spacial score (nSPS) is 19.1. The highest BCUT2D eigenvalue weighted by atomic mass is 32.2. The quantitative estimate of drug-likeness (QED) is 0.675. The molecule has 0 unspecified atom stereocenters. The van der Waals surface area contributed by atoms with Gasteiger partial charge in [0.15, 0.2) is 6.61 Å². The van der Waals surface area contributed by atoms with E-state index in [1.165, 1.54) is 0 Å². The third kappa shape index (κ3) is 3.31. The Hall–Kier alpha value is -0.360. The monoisotopic (exact) mass is 264 g/mol. The van der Waals surface area contributed by atoms with Crippen molar-refractivity contribution in [3.8, 4) is 0 Å². The molecule has 16 heavy (non-hydrogen) atoms. The molecule has 1 rings (SSSR count). The van der Waals surface area contributed by atoms with E-state index in [0.29, 0.717) is 12.8 Å². The van der Waals surface area contributed by atoms with Crippen LogP contribution in [-0.2, 0) is 19.1 Å². The molecule has 4 nitrogen and oxygen atoms in total. The minimum absolute atomic E-state index is 0.251. The van der Waals surface area contributed by atoms with Crippen molar-refractivity contribution in [2.45, 2.75) is 18.4 Å². The van der Waals surface area contributed by atoms with E-state index in [2.05, 4.69) is 0 Å². The van der Waals surface area contributed by atoms with Crippen LogP contribution in [0.3, 0.4) is 0 Å². The Morgan fingerprint density at radius 2 is 1.75 bits per heavy atom. The third-order valence-electron chi connectivity index (χ3n) is 2.42. The summed E-state index contributed by atoms with van der Waals surface area (Å²) in [4.78, 5) is 23.0. The number of rotatable bonds is 6. The van der Waals surface area contributed by atoms with Gasteiger partial charge in [-0.3, -0.25) is 0 Å². The van der Waals surface area contributed by atoms with Gasteiger partial charge in [-0.2, -0.15) is 23.5 Å². The highest BCUT2D eigenvalue weighted by Crippen LogP contribution is 2.29. The highest BCUT2D eigenvalue weighted by Gasteiger charge is 2.46. The van der Waals surface area contributed by atoms with Crippen LogP contribution in [0.1, 0.15) is 12.8 Å². The number of carbonyl (C=O) groups is 2. The number of hydrogen-bond donors (Lipinski definition) is 0. The van der Waals surface area contributed by atoms with Crippen molar-refractivity contribution in [3.63, 3.8) is 0 Å². The van der Waals surface area contributed by atoms with Crippen LogP contribution in [0.15, 0.2) is 0 Å². The molecule has 0 amide bonds. The van der Waals surface area contributed by atoms with Crippen molar-refractivity contribution in [1.82, 2.24) is 0 Å². The molecule has 0 aliphatic carbocycles. The highest BCUT2D eigenvalue weighted by molar-refractivity contribution is 7.98. The molecule has 1 heterocycles. The number of ether oxygens (including phenoxy) is 2. The van der Waals surface area contributed by atoms with Gasteiger partial charge >= 0.3 is 11.9 Å². The molecule has 0 aromatic carbocycles. The van der Waals surface area contributed by atoms with Crippen molar-refractivity contribution in [3.05, 3.63) is 0 Å². The summed E-state index contributed by atoms with van der Waals surface area (Å²) in [6.07, 6.45) is 4.97. The van der Waals surface area contributed by atoms with E-state index in [1.807, 2.05) is 12.5 Å². The van der Waals surface area contributed by atoms with Gasteiger partial charge in [0.25, 0.3) is 0 Å². The third-order valence-corrected chi connectivity index (χ3v) is 3.65. The molecule has 92 valence electrons. The standard InChI is InChI=1S/C10H16O4S2/c1-15-5-3-10(4-6-16-2)9(12)13-7-8(11)14-10/h3-7H2,1-2H3. The average Bonchev–Trinajstić information content (AvgIpc) is 2.28. The Kier molecular flexibility index (Phi) is 5.48. The van der Waals surface area contributed by atoms with Crippen LogP contribution in [0.5, 0.6) is 0 Å². The van der Waals surface area contributed by atoms with Crippen molar-refractivity contribution in [2.75, 3.05) is 30.6 Å². The van der Waals surface area contributed by atoms with E-state index in [-0.39, 0.29) is 6.61 Å². The lowest BCUT2D eigenvalue weighted by molar-refractivity contribution is -0.201. The number of carbonyl (C=O) groups excluding carboxylic acids is 2. The van der Waals surface area contributed by atoms with Gasteiger partial charge < -0.3 is 9.47 Å². The number of hydrogen-bond acceptors (Lipinski definition) is 6. The lowest BCUT2D eigenvalue weighted by atomic mass is 9.96. The van der Waals surface area contributed by atoms with Gasteiger partial charge in [0.1, 0.15) is 0 Å². The van der Waals surface area contributed by atoms with Gasteiger partial charge in [0, 0.05) is 12.8 Å². The lowest BCUT2D eigenvalue weighted by Gasteiger charge is -2.34. The predicted molar refractivity (Wildman–Crippen MR) is 65.8 cm³/mol. The Balaban J connectivity index is 2.72. The van der Waals surface area contributed by atoms with Gasteiger partial charge in [0.05, 0.1) is 0 Å². The molecule has 0 aromatic rings. The second kappa shape index (κ2) is 6.39. The lowest BCUT2D eigenvalue weighted by Crippen LogP contribution is -2.50. The van der Waals surface area contributed by atoms with E-state index in [1.54, 1.807) is 23.5 Å². The maximum absolute atomic E-state index is 11.8. The van der Waals surface area contributed by atoms with Crippen LogP contribution in [-0.4, -0.2) is 48.2 Å². The van der Waals surface area contributed by atoms with Crippen LogP contribution in [0.4, 0.5) is 0 Å². The Bertz CT molecular complexity index is 260. The summed E-state index contributed by atoms with van der Waals surface area (Å²) >= 11 is 3.25. The molecule has 0 spiro atoms. The Labute approximate surface area is 104 Å². The number of cyclic esters (lactones) is 2. The maximum Gasteiger partial charge on any atom is 0.351 e. The topological polar surface area (TPSA) is 52.6 Å². The van der Waals surface area contributed by atoms with Gasteiger partial charge in [-0.05, 0) is 24.0 Å². The summed E-state index contributed by atoms with van der Waals surface area (Å²) in [5.41, 5.74) is -1.04. The van der Waals surface area contributed by atoms with Gasteiger partial charge in [0.2, 0.25) is 5.60 Å². The molecule has 0 aromatic heterocycles. The summed E-state index contributed by atoms with van der Waals surface area (Å²) in [6.45, 7) is -0.251. The summed E-state index contributed by atoms with van der Waals surface area (Å²) in [5, 5.41) is 0. The maximum atomic E-state index is 11.8. The minimum atomic E-state index is -1.04. The largest absolute Gasteiger partial charge is 0.451 e. The number of esters is 2. The van der Waals surface area contributed by atoms with E-state index < -0.39 is 17.5 Å². The molecule has 0 N–H and O–H groups in total. The zero-order valence-corrected chi connectivity index (χ0v) is 11.1. The molecule has 1 aliphatic rings. The summed E-state index contributed by atoms with van der Waals surface area (Å²) in [7, 11) is 0. The fourth-order valence-electron chi connectivity index (χ4n) is 1.51. The fourth-order valence-corrected chi connectivity index (χ4v) is 2.58. The first-order valence-electron chi connectivity index (χ1n) is 5.01. The van der Waals surface area contributed by atoms with Crippen LogP contribution in [0.2, 0.25) is 0 Å². The molecular formula is C10H16O4S2. The molecule has 1 saturated heterocycles. The minimum Gasteiger partial charge on any atom is -0.451 e. The summed E-state index contributed by atoms with van der Waals surface area (Å²) < 4.78 is 10.1. The predicted octanol–water partition coefficient (Wildman–Crippen LogP) is 1.33. The van der Waals surface area contributed by atoms with E-state index in [0.717, 1.165) is 11.5 Å². The average molecular weight is 264 g/mol. The zero-order valence-electron chi connectivity index (χ0n) is 9.49. The molecule has 0 radical (unpaired) electrons. The van der Waals surface area contributed by atoms with Crippen LogP contribution in [0.25, 0.3) is 0 Å². The van der Waals surface area contributed by atoms with Crippen molar-refractivity contribution in [1.29, 1.82) is 0 Å². The van der Waals surface area contributed by atoms with E-state index in [9.17, 15) is 9.59 Å². The molecule has 1 fully saturated rings. The second-order valence-electron chi connectivity index (χ2n) is 3.53. The molecule has 0 bridgehead atoms. The molecule has 1 aliphatic heterocycles.